The Labute approximate surface area is 110 Å². The average molecular weight is 248 g/mol. The van der Waals surface area contributed by atoms with E-state index in [4.69, 9.17) is 4.74 Å². The molecule has 0 aliphatic carbocycles. The molecule has 0 radical (unpaired) electrons. The number of ether oxygens (including phenoxy) is 1. The van der Waals surface area contributed by atoms with Crippen LogP contribution < -0.4 is 10.2 Å². The summed E-state index contributed by atoms with van der Waals surface area (Å²) in [6.45, 7) is 5.34. The maximum atomic E-state index is 5.26. The molecule has 0 spiro atoms. The smallest absolute Gasteiger partial charge is 0.0667 e. The number of methoxy groups -OCH3 is 1. The highest BCUT2D eigenvalue weighted by Crippen LogP contribution is 2.19. The van der Waals surface area contributed by atoms with E-state index in [1.54, 1.807) is 7.11 Å². The third kappa shape index (κ3) is 3.72. The fraction of sp³-hybridized carbons (Fsp3) is 0.600. The Morgan fingerprint density at radius 3 is 2.56 bits per heavy atom. The number of anilines is 1. The molecule has 1 unspecified atom stereocenters. The van der Waals surface area contributed by atoms with Crippen molar-refractivity contribution in [2.24, 2.45) is 0 Å². The molecule has 0 bridgehead atoms. The predicted octanol–water partition coefficient (Wildman–Crippen LogP) is 2.28. The quantitative estimate of drug-likeness (QED) is 0.865. The van der Waals surface area contributed by atoms with Crippen LogP contribution in [-0.2, 0) is 4.74 Å². The summed E-state index contributed by atoms with van der Waals surface area (Å²) in [7, 11) is 1.77. The molecule has 3 heteroatoms. The van der Waals surface area contributed by atoms with Crippen molar-refractivity contribution in [3.05, 3.63) is 30.3 Å². The lowest BCUT2D eigenvalue weighted by Gasteiger charge is -2.34. The molecule has 18 heavy (non-hydrogen) atoms. The zero-order valence-corrected chi connectivity index (χ0v) is 11.4. The van der Waals surface area contributed by atoms with Crippen LogP contribution in [0.2, 0.25) is 0 Å². The van der Waals surface area contributed by atoms with Gasteiger partial charge < -0.3 is 15.0 Å². The highest BCUT2D eigenvalue weighted by Gasteiger charge is 2.19. The minimum Gasteiger partial charge on any atom is -0.380 e. The van der Waals surface area contributed by atoms with E-state index in [9.17, 15) is 0 Å². The minimum atomic E-state index is 0.303. The summed E-state index contributed by atoms with van der Waals surface area (Å²) in [6, 6.07) is 11.3. The van der Waals surface area contributed by atoms with Gasteiger partial charge >= 0.3 is 0 Å². The molecule has 1 aromatic carbocycles. The van der Waals surface area contributed by atoms with Gasteiger partial charge in [-0.25, -0.2) is 0 Å². The van der Waals surface area contributed by atoms with Crippen molar-refractivity contribution in [3.63, 3.8) is 0 Å². The summed E-state index contributed by atoms with van der Waals surface area (Å²) < 4.78 is 5.26. The third-order valence-corrected chi connectivity index (χ3v) is 3.71. The molecule has 1 aliphatic heterocycles. The maximum Gasteiger partial charge on any atom is 0.0667 e. The predicted molar refractivity (Wildman–Crippen MR) is 76.2 cm³/mol. The van der Waals surface area contributed by atoms with E-state index in [0.717, 1.165) is 19.6 Å². The van der Waals surface area contributed by atoms with Crippen LogP contribution in [0.4, 0.5) is 5.69 Å². The first-order chi connectivity index (χ1) is 8.79. The van der Waals surface area contributed by atoms with Gasteiger partial charge in [-0.05, 0) is 31.9 Å². The first kappa shape index (κ1) is 13.4. The monoisotopic (exact) mass is 248 g/mol. The van der Waals surface area contributed by atoms with Crippen molar-refractivity contribution >= 4 is 5.69 Å². The number of hydrogen-bond donors (Lipinski definition) is 1. The second kappa shape index (κ2) is 6.76. The van der Waals surface area contributed by atoms with E-state index in [-0.39, 0.29) is 0 Å². The van der Waals surface area contributed by atoms with Crippen molar-refractivity contribution in [2.45, 2.75) is 31.9 Å². The molecule has 1 saturated heterocycles. The second-order valence-electron chi connectivity index (χ2n) is 5.05. The summed E-state index contributed by atoms with van der Waals surface area (Å²) >= 11 is 0. The van der Waals surface area contributed by atoms with Crippen LogP contribution >= 0.6 is 0 Å². The molecule has 0 aromatic heterocycles. The number of para-hydroxylation sites is 1. The number of nitrogens with one attached hydrogen (secondary N) is 1. The first-order valence-corrected chi connectivity index (χ1v) is 6.86. The van der Waals surface area contributed by atoms with Crippen LogP contribution in [0.15, 0.2) is 30.3 Å². The number of benzene rings is 1. The Morgan fingerprint density at radius 2 is 1.94 bits per heavy atom. The number of nitrogens with zero attached hydrogens (tertiary/aromatic N) is 1. The number of rotatable bonds is 5. The van der Waals surface area contributed by atoms with E-state index in [2.05, 4.69) is 47.5 Å². The molecule has 0 saturated carbocycles. The lowest BCUT2D eigenvalue weighted by molar-refractivity contribution is 0.113. The zero-order chi connectivity index (χ0) is 12.8. The van der Waals surface area contributed by atoms with Gasteiger partial charge in [0.25, 0.3) is 0 Å². The Morgan fingerprint density at radius 1 is 1.28 bits per heavy atom. The first-order valence-electron chi connectivity index (χ1n) is 6.86. The topological polar surface area (TPSA) is 24.5 Å². The van der Waals surface area contributed by atoms with Gasteiger partial charge in [-0.3, -0.25) is 0 Å². The molecule has 1 fully saturated rings. The van der Waals surface area contributed by atoms with Gasteiger partial charge in [-0.1, -0.05) is 18.2 Å². The van der Waals surface area contributed by atoms with Gasteiger partial charge in [-0.15, -0.1) is 0 Å². The Hall–Kier alpha value is -1.06. The number of piperidine rings is 1. The van der Waals surface area contributed by atoms with Crippen LogP contribution in [0.25, 0.3) is 0 Å². The summed E-state index contributed by atoms with van der Waals surface area (Å²) in [5.41, 5.74) is 1.35. The molecule has 100 valence electrons. The van der Waals surface area contributed by atoms with E-state index >= 15 is 0 Å². The molecule has 1 heterocycles. The van der Waals surface area contributed by atoms with Gasteiger partial charge in [0, 0.05) is 38.5 Å². The zero-order valence-electron chi connectivity index (χ0n) is 11.4. The fourth-order valence-corrected chi connectivity index (χ4v) is 2.40. The largest absolute Gasteiger partial charge is 0.380 e. The second-order valence-corrected chi connectivity index (χ2v) is 5.05. The normalized spacial score (nSPS) is 18.9. The van der Waals surface area contributed by atoms with E-state index < -0.39 is 0 Å². The minimum absolute atomic E-state index is 0.303. The molecule has 3 nitrogen and oxygen atoms in total. The fourth-order valence-electron chi connectivity index (χ4n) is 2.40. The van der Waals surface area contributed by atoms with Crippen molar-refractivity contribution in [1.29, 1.82) is 0 Å². The summed E-state index contributed by atoms with van der Waals surface area (Å²) in [4.78, 5) is 2.47. The van der Waals surface area contributed by atoms with Crippen molar-refractivity contribution in [1.82, 2.24) is 5.32 Å². The van der Waals surface area contributed by atoms with Crippen LogP contribution in [0.1, 0.15) is 19.8 Å². The molecular formula is C15H24N2O. The van der Waals surface area contributed by atoms with E-state index in [1.165, 1.54) is 18.5 Å². The van der Waals surface area contributed by atoms with Crippen LogP contribution in [0.5, 0.6) is 0 Å². The van der Waals surface area contributed by atoms with Crippen LogP contribution in [0.3, 0.4) is 0 Å². The standard InChI is InChI=1S/C15H24N2O/c1-13(18-2)12-16-14-8-10-17(11-9-14)15-6-4-3-5-7-15/h3-7,13-14,16H,8-12H2,1-2H3. The lowest BCUT2D eigenvalue weighted by Crippen LogP contribution is -2.44. The molecule has 1 aromatic rings. The summed E-state index contributed by atoms with van der Waals surface area (Å²) in [5.74, 6) is 0. The average Bonchev–Trinajstić information content (AvgIpc) is 2.46. The van der Waals surface area contributed by atoms with E-state index in [0.29, 0.717) is 12.1 Å². The molecular weight excluding hydrogens is 224 g/mol. The summed E-state index contributed by atoms with van der Waals surface area (Å²) in [6.07, 6.45) is 2.73. The van der Waals surface area contributed by atoms with Crippen LogP contribution in [0, 0.1) is 0 Å². The molecule has 2 rings (SSSR count). The van der Waals surface area contributed by atoms with Crippen molar-refractivity contribution in [2.75, 3.05) is 31.6 Å². The van der Waals surface area contributed by atoms with E-state index in [1.807, 2.05) is 0 Å². The molecule has 1 N–H and O–H groups in total. The molecule has 0 amide bonds. The Bertz CT molecular complexity index is 334. The van der Waals surface area contributed by atoms with Gasteiger partial charge in [0.2, 0.25) is 0 Å². The van der Waals surface area contributed by atoms with Gasteiger partial charge in [0.05, 0.1) is 6.10 Å². The lowest BCUT2D eigenvalue weighted by atomic mass is 10.0. The Kier molecular flexibility index (Phi) is 5.02. The summed E-state index contributed by atoms with van der Waals surface area (Å²) in [5, 5.41) is 3.59. The van der Waals surface area contributed by atoms with Crippen molar-refractivity contribution in [3.8, 4) is 0 Å². The molecule has 1 aliphatic rings. The maximum absolute atomic E-state index is 5.26. The van der Waals surface area contributed by atoms with Gasteiger partial charge in [0.15, 0.2) is 0 Å². The number of hydrogen-bond acceptors (Lipinski definition) is 3. The van der Waals surface area contributed by atoms with Gasteiger partial charge in [0.1, 0.15) is 0 Å². The SMILES string of the molecule is COC(C)CNC1CCN(c2ccccc2)CC1. The van der Waals surface area contributed by atoms with Crippen molar-refractivity contribution < 1.29 is 4.74 Å². The van der Waals surface area contributed by atoms with Crippen LogP contribution in [-0.4, -0.2) is 38.9 Å². The Balaban J connectivity index is 1.75. The highest BCUT2D eigenvalue weighted by atomic mass is 16.5. The highest BCUT2D eigenvalue weighted by molar-refractivity contribution is 5.46. The third-order valence-electron chi connectivity index (χ3n) is 3.71. The van der Waals surface area contributed by atoms with Gasteiger partial charge in [-0.2, -0.15) is 0 Å². The molecule has 1 atom stereocenters.